The average Bonchev–Trinajstić information content (AvgIpc) is 3.58. The fraction of sp³-hybridized carbons (Fsp3) is 0.259. The van der Waals surface area contributed by atoms with Gasteiger partial charge in [-0.2, -0.15) is 0 Å². The van der Waals surface area contributed by atoms with Crippen molar-refractivity contribution in [2.75, 3.05) is 29.4 Å². The van der Waals surface area contributed by atoms with Gasteiger partial charge in [0.2, 0.25) is 0 Å². The van der Waals surface area contributed by atoms with Crippen molar-refractivity contribution in [3.8, 4) is 5.75 Å². The average molecular weight is 556 g/mol. The van der Waals surface area contributed by atoms with Gasteiger partial charge in [0, 0.05) is 17.9 Å². The Bertz CT molecular complexity index is 1530. The number of para-hydroxylation sites is 1. The molecule has 38 heavy (non-hydrogen) atoms. The smallest absolute Gasteiger partial charge is 0.261 e. The Hall–Kier alpha value is -3.54. The van der Waals surface area contributed by atoms with Crippen LogP contribution >= 0.6 is 11.3 Å². The van der Waals surface area contributed by atoms with Gasteiger partial charge in [-0.15, -0.1) is 0 Å². The molecule has 0 spiro atoms. The molecule has 1 aliphatic rings. The lowest BCUT2D eigenvalue weighted by Crippen LogP contribution is -2.37. The van der Waals surface area contributed by atoms with E-state index in [-0.39, 0.29) is 22.6 Å². The second-order valence-corrected chi connectivity index (χ2v) is 11.4. The molecule has 3 aromatic carbocycles. The first-order valence-electron chi connectivity index (χ1n) is 12.2. The van der Waals surface area contributed by atoms with Gasteiger partial charge < -0.3 is 9.47 Å². The third kappa shape index (κ3) is 5.64. The van der Waals surface area contributed by atoms with Gasteiger partial charge in [0.25, 0.3) is 15.9 Å². The largest absolute Gasteiger partial charge is 0.492 e. The molecular weight excluding hydrogens is 529 g/mol. The molecule has 4 aromatic rings. The molecule has 1 unspecified atom stereocenters. The highest BCUT2D eigenvalue weighted by Crippen LogP contribution is 2.35. The van der Waals surface area contributed by atoms with Gasteiger partial charge in [0.1, 0.15) is 17.1 Å². The highest BCUT2D eigenvalue weighted by molar-refractivity contribution is 7.92. The minimum absolute atomic E-state index is 0.0657. The summed E-state index contributed by atoms with van der Waals surface area (Å²) in [4.78, 5) is 20.0. The third-order valence-corrected chi connectivity index (χ3v) is 8.51. The first kappa shape index (κ1) is 26.1. The standard InChI is InChI=1S/C27H26FN3O5S2/c1-2-35-23-6-3-7-24-25(23)29-27(37-24)31(17-21-5-4-16-36-21)26(32)18-8-12-20(13-9-18)30-38(33,34)22-14-10-19(28)11-15-22/h3,6-15,21,30H,2,4-5,16-17H2,1H3. The van der Waals surface area contributed by atoms with Crippen LogP contribution < -0.4 is 14.4 Å². The van der Waals surface area contributed by atoms with Gasteiger partial charge in [-0.25, -0.2) is 17.8 Å². The molecule has 1 atom stereocenters. The monoisotopic (exact) mass is 555 g/mol. The molecule has 2 heterocycles. The van der Waals surface area contributed by atoms with E-state index in [9.17, 15) is 17.6 Å². The molecule has 0 aliphatic carbocycles. The molecule has 198 valence electrons. The lowest BCUT2D eigenvalue weighted by Gasteiger charge is -2.23. The molecule has 0 bridgehead atoms. The molecular formula is C27H26FN3O5S2. The fourth-order valence-corrected chi connectivity index (χ4v) is 6.25. The Kier molecular flexibility index (Phi) is 7.59. The number of halogens is 1. The predicted octanol–water partition coefficient (Wildman–Crippen LogP) is 5.46. The van der Waals surface area contributed by atoms with Crippen LogP contribution in [0.4, 0.5) is 15.2 Å². The van der Waals surface area contributed by atoms with E-state index in [1.54, 1.807) is 17.0 Å². The minimum atomic E-state index is -3.91. The van der Waals surface area contributed by atoms with Crippen LogP contribution in [0.1, 0.15) is 30.1 Å². The summed E-state index contributed by atoms with van der Waals surface area (Å²) < 4.78 is 53.4. The summed E-state index contributed by atoms with van der Waals surface area (Å²) in [6.45, 7) is 3.41. The summed E-state index contributed by atoms with van der Waals surface area (Å²) >= 11 is 1.40. The highest BCUT2D eigenvalue weighted by Gasteiger charge is 2.27. The molecule has 1 saturated heterocycles. The van der Waals surface area contributed by atoms with E-state index in [0.29, 0.717) is 41.7 Å². The lowest BCUT2D eigenvalue weighted by molar-refractivity contribution is 0.0917. The van der Waals surface area contributed by atoms with Crippen molar-refractivity contribution in [1.82, 2.24) is 4.98 Å². The number of benzene rings is 3. The Morgan fingerprint density at radius 2 is 1.92 bits per heavy atom. The Labute approximate surface area is 224 Å². The van der Waals surface area contributed by atoms with E-state index in [0.717, 1.165) is 29.7 Å². The number of nitrogens with zero attached hydrogens (tertiary/aromatic N) is 2. The van der Waals surface area contributed by atoms with Gasteiger partial charge in [-0.3, -0.25) is 14.4 Å². The maximum atomic E-state index is 13.7. The SMILES string of the molecule is CCOc1cccc2sc(N(CC3CCCO3)C(=O)c3ccc(NS(=O)(=O)c4ccc(F)cc4)cc3)nc12. The summed E-state index contributed by atoms with van der Waals surface area (Å²) in [5.41, 5.74) is 1.35. The number of hydrogen-bond donors (Lipinski definition) is 1. The topological polar surface area (TPSA) is 97.8 Å². The summed E-state index contributed by atoms with van der Waals surface area (Å²) in [6, 6.07) is 16.4. The van der Waals surface area contributed by atoms with Crippen molar-refractivity contribution in [2.45, 2.75) is 30.8 Å². The highest BCUT2D eigenvalue weighted by atomic mass is 32.2. The second-order valence-electron chi connectivity index (χ2n) is 8.72. The van der Waals surface area contributed by atoms with Crippen LogP contribution in [0.3, 0.4) is 0 Å². The Morgan fingerprint density at radius 1 is 1.16 bits per heavy atom. The van der Waals surface area contributed by atoms with Crippen LogP contribution in [0.2, 0.25) is 0 Å². The normalized spacial score (nSPS) is 15.5. The van der Waals surface area contributed by atoms with E-state index in [4.69, 9.17) is 14.5 Å². The van der Waals surface area contributed by atoms with Gasteiger partial charge in [-0.05, 0) is 80.4 Å². The molecule has 1 aromatic heterocycles. The first-order chi connectivity index (χ1) is 18.3. The molecule has 8 nitrogen and oxygen atoms in total. The van der Waals surface area contributed by atoms with Crippen LogP contribution in [-0.4, -0.2) is 45.2 Å². The van der Waals surface area contributed by atoms with Gasteiger partial charge in [0.15, 0.2) is 5.13 Å². The predicted molar refractivity (Wildman–Crippen MR) is 145 cm³/mol. The number of sulfonamides is 1. The summed E-state index contributed by atoms with van der Waals surface area (Å²) in [7, 11) is -3.91. The van der Waals surface area contributed by atoms with Crippen LogP contribution in [0.15, 0.2) is 71.6 Å². The molecule has 5 rings (SSSR count). The number of ether oxygens (including phenoxy) is 2. The van der Waals surface area contributed by atoms with Crippen molar-refractivity contribution in [3.63, 3.8) is 0 Å². The van der Waals surface area contributed by atoms with Gasteiger partial charge >= 0.3 is 0 Å². The second kappa shape index (κ2) is 11.1. The van der Waals surface area contributed by atoms with Crippen molar-refractivity contribution in [3.05, 3.63) is 78.1 Å². The van der Waals surface area contributed by atoms with Crippen LogP contribution in [0.25, 0.3) is 10.2 Å². The number of aromatic nitrogens is 1. The van der Waals surface area contributed by atoms with E-state index in [1.807, 2.05) is 25.1 Å². The summed E-state index contributed by atoms with van der Waals surface area (Å²) in [5, 5.41) is 0.536. The molecule has 0 saturated carbocycles. The zero-order valence-electron chi connectivity index (χ0n) is 20.6. The Balaban J connectivity index is 1.41. The van der Waals surface area contributed by atoms with Crippen molar-refractivity contribution >= 4 is 48.3 Å². The van der Waals surface area contributed by atoms with Crippen LogP contribution in [-0.2, 0) is 14.8 Å². The third-order valence-electron chi connectivity index (χ3n) is 6.06. The molecule has 1 N–H and O–H groups in total. The number of fused-ring (bicyclic) bond motifs is 1. The number of anilines is 2. The van der Waals surface area contributed by atoms with E-state index in [2.05, 4.69) is 4.72 Å². The lowest BCUT2D eigenvalue weighted by atomic mass is 10.1. The van der Waals surface area contributed by atoms with Crippen LogP contribution in [0, 0.1) is 5.82 Å². The number of hydrogen-bond acceptors (Lipinski definition) is 7. The zero-order valence-corrected chi connectivity index (χ0v) is 22.2. The Morgan fingerprint density at radius 3 is 2.61 bits per heavy atom. The quantitative estimate of drug-likeness (QED) is 0.295. The molecule has 1 fully saturated rings. The van der Waals surface area contributed by atoms with Crippen molar-refractivity contribution < 1.29 is 27.1 Å². The van der Waals surface area contributed by atoms with E-state index in [1.165, 1.54) is 35.6 Å². The summed E-state index contributed by atoms with van der Waals surface area (Å²) in [5.74, 6) is -0.137. The molecule has 1 aliphatic heterocycles. The fourth-order valence-electron chi connectivity index (χ4n) is 4.20. The zero-order chi connectivity index (χ0) is 26.7. The minimum Gasteiger partial charge on any atom is -0.492 e. The molecule has 1 amide bonds. The summed E-state index contributed by atoms with van der Waals surface area (Å²) in [6.07, 6.45) is 1.69. The maximum absolute atomic E-state index is 13.7. The first-order valence-corrected chi connectivity index (χ1v) is 14.5. The number of amides is 1. The van der Waals surface area contributed by atoms with E-state index < -0.39 is 15.8 Å². The number of carbonyl (C=O) groups excluding carboxylic acids is 1. The number of nitrogens with one attached hydrogen (secondary N) is 1. The molecule has 0 radical (unpaired) electrons. The maximum Gasteiger partial charge on any atom is 0.261 e. The number of thiazole rings is 1. The number of rotatable bonds is 9. The molecule has 11 heteroatoms. The van der Waals surface area contributed by atoms with Gasteiger partial charge in [0.05, 0.1) is 28.9 Å². The number of carbonyl (C=O) groups is 1. The van der Waals surface area contributed by atoms with E-state index >= 15 is 0 Å². The van der Waals surface area contributed by atoms with Crippen molar-refractivity contribution in [2.24, 2.45) is 0 Å². The van der Waals surface area contributed by atoms with Crippen molar-refractivity contribution in [1.29, 1.82) is 0 Å². The van der Waals surface area contributed by atoms with Gasteiger partial charge in [-0.1, -0.05) is 17.4 Å². The van der Waals surface area contributed by atoms with Crippen LogP contribution in [0.5, 0.6) is 5.75 Å².